The number of thiazole rings is 1. The topological polar surface area (TPSA) is 45.2 Å². The molecule has 5 nitrogen and oxygen atoms in total. The fraction of sp³-hybridized carbons (Fsp3) is 0.409. The van der Waals surface area contributed by atoms with Crippen molar-refractivity contribution in [3.63, 3.8) is 0 Å². The average molecular weight is 412 g/mol. The molecule has 0 amide bonds. The minimum atomic E-state index is -0.220. The van der Waals surface area contributed by atoms with Gasteiger partial charge in [0.05, 0.1) is 5.69 Å². The van der Waals surface area contributed by atoms with Gasteiger partial charge in [0.1, 0.15) is 22.5 Å². The molecule has 3 heterocycles. The highest BCUT2D eigenvalue weighted by Crippen LogP contribution is 2.25. The van der Waals surface area contributed by atoms with Crippen LogP contribution in [0.15, 0.2) is 35.7 Å². The zero-order valence-electron chi connectivity index (χ0n) is 17.1. The standard InChI is InChI=1S/C22H26FN5S/c1-15(2)21-24-16(3)12-20(26-21)28-10-8-27(9-11-28)13-19-14-29-22(25-19)17-4-6-18(23)7-5-17/h4-7,12,14-15H,8-11,13H2,1-3H3. The van der Waals surface area contributed by atoms with Crippen LogP contribution in [0.25, 0.3) is 10.6 Å². The number of aromatic nitrogens is 3. The van der Waals surface area contributed by atoms with Gasteiger partial charge in [0.25, 0.3) is 0 Å². The molecule has 1 aliphatic heterocycles. The molecule has 3 aromatic rings. The Hall–Kier alpha value is -2.38. The van der Waals surface area contributed by atoms with Crippen molar-refractivity contribution in [2.24, 2.45) is 0 Å². The second-order valence-electron chi connectivity index (χ2n) is 7.79. The number of rotatable bonds is 5. The molecule has 0 unspecified atom stereocenters. The van der Waals surface area contributed by atoms with Gasteiger partial charge in [-0.1, -0.05) is 13.8 Å². The van der Waals surface area contributed by atoms with E-state index in [0.29, 0.717) is 5.92 Å². The summed E-state index contributed by atoms with van der Waals surface area (Å²) >= 11 is 1.61. The molecule has 0 saturated carbocycles. The number of piperazine rings is 1. The van der Waals surface area contributed by atoms with Gasteiger partial charge in [-0.15, -0.1) is 11.3 Å². The van der Waals surface area contributed by atoms with E-state index >= 15 is 0 Å². The van der Waals surface area contributed by atoms with Gasteiger partial charge in [-0.3, -0.25) is 4.90 Å². The summed E-state index contributed by atoms with van der Waals surface area (Å²) in [7, 11) is 0. The molecule has 1 fully saturated rings. The Morgan fingerprint density at radius 1 is 1.03 bits per heavy atom. The molecule has 0 aliphatic carbocycles. The van der Waals surface area contributed by atoms with Gasteiger partial charge < -0.3 is 4.90 Å². The summed E-state index contributed by atoms with van der Waals surface area (Å²) in [6.07, 6.45) is 0. The van der Waals surface area contributed by atoms with Gasteiger partial charge in [-0.05, 0) is 31.2 Å². The number of hydrogen-bond acceptors (Lipinski definition) is 6. The SMILES string of the molecule is Cc1cc(N2CCN(Cc3csc(-c4ccc(F)cc4)n3)CC2)nc(C(C)C)n1. The van der Waals surface area contributed by atoms with Gasteiger partial charge >= 0.3 is 0 Å². The lowest BCUT2D eigenvalue weighted by Crippen LogP contribution is -2.46. The molecule has 4 rings (SSSR count). The van der Waals surface area contributed by atoms with Crippen molar-refractivity contribution in [1.82, 2.24) is 19.9 Å². The third-order valence-electron chi connectivity index (χ3n) is 5.10. The van der Waals surface area contributed by atoms with Gasteiger partial charge in [0, 0.05) is 61.3 Å². The van der Waals surface area contributed by atoms with E-state index in [4.69, 9.17) is 9.97 Å². The molecule has 0 spiro atoms. The maximum atomic E-state index is 13.1. The predicted molar refractivity (Wildman–Crippen MR) is 116 cm³/mol. The third-order valence-corrected chi connectivity index (χ3v) is 6.04. The van der Waals surface area contributed by atoms with Crippen LogP contribution in [-0.4, -0.2) is 46.0 Å². The van der Waals surface area contributed by atoms with E-state index in [-0.39, 0.29) is 5.82 Å². The quantitative estimate of drug-likeness (QED) is 0.619. The molecule has 0 bridgehead atoms. The van der Waals surface area contributed by atoms with Crippen LogP contribution < -0.4 is 4.90 Å². The summed E-state index contributed by atoms with van der Waals surface area (Å²) in [4.78, 5) is 18.8. The van der Waals surface area contributed by atoms with Crippen molar-refractivity contribution in [2.75, 3.05) is 31.1 Å². The Kier molecular flexibility index (Phi) is 5.87. The van der Waals surface area contributed by atoms with Crippen LogP contribution in [0.3, 0.4) is 0 Å². The summed E-state index contributed by atoms with van der Waals surface area (Å²) in [6.45, 7) is 11.0. The zero-order valence-corrected chi connectivity index (χ0v) is 17.9. The lowest BCUT2D eigenvalue weighted by molar-refractivity contribution is 0.247. The fourth-order valence-corrected chi connectivity index (χ4v) is 4.28. The number of anilines is 1. The van der Waals surface area contributed by atoms with E-state index in [1.807, 2.05) is 6.92 Å². The lowest BCUT2D eigenvalue weighted by Gasteiger charge is -2.35. The second kappa shape index (κ2) is 8.55. The van der Waals surface area contributed by atoms with Crippen LogP contribution in [0.5, 0.6) is 0 Å². The van der Waals surface area contributed by atoms with Crippen LogP contribution >= 0.6 is 11.3 Å². The number of halogens is 1. The highest BCUT2D eigenvalue weighted by Gasteiger charge is 2.20. The molecule has 1 saturated heterocycles. The molecule has 0 atom stereocenters. The van der Waals surface area contributed by atoms with Crippen molar-refractivity contribution in [3.05, 3.63) is 58.7 Å². The first kappa shape index (κ1) is 19.9. The first-order chi connectivity index (χ1) is 14.0. The van der Waals surface area contributed by atoms with Gasteiger partial charge in [0.15, 0.2) is 0 Å². The molecule has 0 radical (unpaired) electrons. The molecule has 29 heavy (non-hydrogen) atoms. The lowest BCUT2D eigenvalue weighted by atomic mass is 10.2. The smallest absolute Gasteiger partial charge is 0.133 e. The third kappa shape index (κ3) is 4.79. The van der Waals surface area contributed by atoms with Crippen LogP contribution in [0.1, 0.15) is 37.0 Å². The number of nitrogens with zero attached hydrogens (tertiary/aromatic N) is 5. The maximum absolute atomic E-state index is 13.1. The molecule has 152 valence electrons. The number of aryl methyl sites for hydroxylation is 1. The predicted octanol–water partition coefficient (Wildman–Crippen LogP) is 4.49. The van der Waals surface area contributed by atoms with Crippen molar-refractivity contribution in [3.8, 4) is 10.6 Å². The molecule has 7 heteroatoms. The molecular formula is C22H26FN5S. The number of benzene rings is 1. The van der Waals surface area contributed by atoms with Gasteiger partial charge in [-0.25, -0.2) is 19.3 Å². The van der Waals surface area contributed by atoms with Crippen molar-refractivity contribution < 1.29 is 4.39 Å². The summed E-state index contributed by atoms with van der Waals surface area (Å²) in [5.41, 5.74) is 3.06. The minimum absolute atomic E-state index is 0.220. The van der Waals surface area contributed by atoms with E-state index in [2.05, 4.69) is 40.1 Å². The second-order valence-corrected chi connectivity index (χ2v) is 8.65. The molecule has 2 aromatic heterocycles. The van der Waals surface area contributed by atoms with E-state index in [1.165, 1.54) is 12.1 Å². The van der Waals surface area contributed by atoms with Gasteiger partial charge in [0.2, 0.25) is 0 Å². The molecule has 0 N–H and O–H groups in total. The summed E-state index contributed by atoms with van der Waals surface area (Å²) in [6, 6.07) is 8.61. The van der Waals surface area contributed by atoms with Crippen LogP contribution in [0.2, 0.25) is 0 Å². The van der Waals surface area contributed by atoms with Gasteiger partial charge in [-0.2, -0.15) is 0 Å². The Labute approximate surface area is 175 Å². The normalized spacial score (nSPS) is 15.3. The highest BCUT2D eigenvalue weighted by molar-refractivity contribution is 7.13. The molecule has 1 aliphatic rings. The Morgan fingerprint density at radius 3 is 2.45 bits per heavy atom. The Balaban J connectivity index is 1.36. The Bertz CT molecular complexity index is 962. The van der Waals surface area contributed by atoms with Crippen LogP contribution in [0.4, 0.5) is 10.2 Å². The van der Waals surface area contributed by atoms with Crippen molar-refractivity contribution in [1.29, 1.82) is 0 Å². The first-order valence-electron chi connectivity index (χ1n) is 10.0. The monoisotopic (exact) mass is 411 g/mol. The summed E-state index contributed by atoms with van der Waals surface area (Å²) in [5, 5.41) is 3.05. The molecule has 1 aromatic carbocycles. The number of hydrogen-bond donors (Lipinski definition) is 0. The highest BCUT2D eigenvalue weighted by atomic mass is 32.1. The molecular weight excluding hydrogens is 385 g/mol. The van der Waals surface area contributed by atoms with E-state index in [1.54, 1.807) is 23.5 Å². The summed E-state index contributed by atoms with van der Waals surface area (Å²) in [5.74, 6) is 2.06. The Morgan fingerprint density at radius 2 is 1.76 bits per heavy atom. The average Bonchev–Trinajstić information content (AvgIpc) is 3.17. The minimum Gasteiger partial charge on any atom is -0.354 e. The van der Waals surface area contributed by atoms with Crippen molar-refractivity contribution >= 4 is 17.2 Å². The first-order valence-corrected chi connectivity index (χ1v) is 10.9. The van der Waals surface area contributed by atoms with E-state index in [9.17, 15) is 4.39 Å². The van der Waals surface area contributed by atoms with Crippen LogP contribution in [0, 0.1) is 12.7 Å². The van der Waals surface area contributed by atoms with E-state index in [0.717, 1.165) is 66.3 Å². The van der Waals surface area contributed by atoms with Crippen molar-refractivity contribution in [2.45, 2.75) is 33.2 Å². The maximum Gasteiger partial charge on any atom is 0.133 e. The fourth-order valence-electron chi connectivity index (χ4n) is 3.46. The summed E-state index contributed by atoms with van der Waals surface area (Å²) < 4.78 is 13.1. The van der Waals surface area contributed by atoms with Crippen LogP contribution in [-0.2, 0) is 6.54 Å². The largest absolute Gasteiger partial charge is 0.354 e. The van der Waals surface area contributed by atoms with E-state index < -0.39 is 0 Å². The zero-order chi connectivity index (χ0) is 20.4.